The van der Waals surface area contributed by atoms with E-state index in [0.29, 0.717) is 6.54 Å². The lowest BCUT2D eigenvalue weighted by Crippen LogP contribution is -2.42. The minimum absolute atomic E-state index is 0.00324. The van der Waals surface area contributed by atoms with E-state index in [1.54, 1.807) is 18.9 Å². The second-order valence-corrected chi connectivity index (χ2v) is 5.76. The molecule has 1 unspecified atom stereocenters. The Hall–Kier alpha value is -1.55. The van der Waals surface area contributed by atoms with Gasteiger partial charge in [0, 0.05) is 7.05 Å². The highest BCUT2D eigenvalue weighted by atomic mass is 16.5. The highest BCUT2D eigenvalue weighted by molar-refractivity contribution is 5.99. The van der Waals surface area contributed by atoms with Crippen molar-refractivity contribution in [3.63, 3.8) is 0 Å². The van der Waals surface area contributed by atoms with Crippen LogP contribution in [0.1, 0.15) is 32.8 Å². The number of amides is 1. The summed E-state index contributed by atoms with van der Waals surface area (Å²) in [6.45, 7) is 6.74. The van der Waals surface area contributed by atoms with Crippen LogP contribution < -0.4 is 15.4 Å². The van der Waals surface area contributed by atoms with Crippen molar-refractivity contribution in [3.05, 3.63) is 23.8 Å². The van der Waals surface area contributed by atoms with Crippen molar-refractivity contribution in [2.45, 2.75) is 38.7 Å². The molecule has 1 aliphatic heterocycles. The van der Waals surface area contributed by atoms with E-state index in [0.717, 1.165) is 17.9 Å². The average molecular weight is 262 g/mol. The predicted molar refractivity (Wildman–Crippen MR) is 76.6 cm³/mol. The van der Waals surface area contributed by atoms with Crippen LogP contribution in [-0.2, 0) is 10.2 Å². The first-order valence-electron chi connectivity index (χ1n) is 6.65. The van der Waals surface area contributed by atoms with Crippen molar-refractivity contribution >= 4 is 11.6 Å². The first-order chi connectivity index (χ1) is 8.86. The summed E-state index contributed by atoms with van der Waals surface area (Å²) in [6.07, 6.45) is 0.487. The molecule has 1 aliphatic rings. The number of benzene rings is 1. The number of hydrogen-bond acceptors (Lipinski definition) is 3. The van der Waals surface area contributed by atoms with E-state index >= 15 is 0 Å². The second-order valence-electron chi connectivity index (χ2n) is 5.76. The van der Waals surface area contributed by atoms with Gasteiger partial charge < -0.3 is 15.4 Å². The summed E-state index contributed by atoms with van der Waals surface area (Å²) in [5.74, 6) is 0.753. The molecule has 0 fully saturated rings. The van der Waals surface area contributed by atoms with Gasteiger partial charge in [-0.1, -0.05) is 19.9 Å². The minimum atomic E-state index is -0.416. The molecule has 0 aliphatic carbocycles. The number of anilines is 1. The van der Waals surface area contributed by atoms with E-state index in [2.05, 4.69) is 19.9 Å². The fourth-order valence-corrected chi connectivity index (χ4v) is 2.44. The van der Waals surface area contributed by atoms with Gasteiger partial charge in [0.05, 0.1) is 5.69 Å². The summed E-state index contributed by atoms with van der Waals surface area (Å²) in [7, 11) is 1.79. The van der Waals surface area contributed by atoms with Crippen LogP contribution in [0.4, 0.5) is 5.69 Å². The molecular weight excluding hydrogens is 240 g/mol. The Morgan fingerprint density at radius 3 is 2.74 bits per heavy atom. The number of nitrogens with two attached hydrogens (primary N) is 1. The zero-order valence-electron chi connectivity index (χ0n) is 12.1. The van der Waals surface area contributed by atoms with Gasteiger partial charge >= 0.3 is 0 Å². The molecule has 0 saturated heterocycles. The van der Waals surface area contributed by atoms with Crippen LogP contribution >= 0.6 is 0 Å². The lowest BCUT2D eigenvalue weighted by molar-refractivity contribution is -0.125. The van der Waals surface area contributed by atoms with Crippen molar-refractivity contribution in [1.82, 2.24) is 0 Å². The Labute approximate surface area is 114 Å². The Morgan fingerprint density at radius 1 is 1.42 bits per heavy atom. The Kier molecular flexibility index (Phi) is 3.54. The van der Waals surface area contributed by atoms with Gasteiger partial charge in [0.1, 0.15) is 5.75 Å². The van der Waals surface area contributed by atoms with Gasteiger partial charge in [-0.05, 0) is 43.0 Å². The van der Waals surface area contributed by atoms with Crippen LogP contribution in [0.5, 0.6) is 5.75 Å². The number of rotatable bonds is 3. The molecule has 104 valence electrons. The van der Waals surface area contributed by atoms with E-state index in [9.17, 15) is 4.79 Å². The van der Waals surface area contributed by atoms with Crippen LogP contribution in [0.3, 0.4) is 0 Å². The third-order valence-corrected chi connectivity index (χ3v) is 3.85. The molecule has 1 amide bonds. The molecular formula is C15H22N2O2. The fraction of sp³-hybridized carbons (Fsp3) is 0.533. The molecule has 2 N–H and O–H groups in total. The van der Waals surface area contributed by atoms with Crippen LogP contribution in [0.15, 0.2) is 18.2 Å². The van der Waals surface area contributed by atoms with Crippen molar-refractivity contribution in [3.8, 4) is 5.75 Å². The maximum Gasteiger partial charge on any atom is 0.267 e. The van der Waals surface area contributed by atoms with E-state index in [1.165, 1.54) is 5.56 Å². The SMILES string of the molecule is CC1Oc2ccc(C(C)(C)CCN)cc2N(C)C1=O. The minimum Gasteiger partial charge on any atom is -0.479 e. The van der Waals surface area contributed by atoms with E-state index in [1.807, 2.05) is 12.1 Å². The van der Waals surface area contributed by atoms with Crippen molar-refractivity contribution in [2.75, 3.05) is 18.5 Å². The number of hydrogen-bond donors (Lipinski definition) is 1. The van der Waals surface area contributed by atoms with Gasteiger partial charge in [0.15, 0.2) is 6.10 Å². The highest BCUT2D eigenvalue weighted by Gasteiger charge is 2.30. The fourth-order valence-electron chi connectivity index (χ4n) is 2.44. The van der Waals surface area contributed by atoms with Crippen molar-refractivity contribution in [2.24, 2.45) is 5.73 Å². The lowest BCUT2D eigenvalue weighted by Gasteiger charge is -2.32. The number of carbonyl (C=O) groups excluding carboxylic acids is 1. The summed E-state index contributed by atoms with van der Waals surface area (Å²) < 4.78 is 5.63. The quantitative estimate of drug-likeness (QED) is 0.907. The van der Waals surface area contributed by atoms with Crippen LogP contribution in [0.25, 0.3) is 0 Å². The van der Waals surface area contributed by atoms with E-state index in [4.69, 9.17) is 10.5 Å². The highest BCUT2D eigenvalue weighted by Crippen LogP contribution is 2.37. The second kappa shape index (κ2) is 4.85. The monoisotopic (exact) mass is 262 g/mol. The normalized spacial score (nSPS) is 19.1. The number of nitrogens with zero attached hydrogens (tertiary/aromatic N) is 1. The summed E-state index contributed by atoms with van der Waals surface area (Å²) in [4.78, 5) is 13.6. The molecule has 4 heteroatoms. The molecule has 4 nitrogen and oxygen atoms in total. The standard InChI is InChI=1S/C15H22N2O2/c1-10-14(18)17(4)12-9-11(5-6-13(12)19-10)15(2,3)7-8-16/h5-6,9-10H,7-8,16H2,1-4H3. The third kappa shape index (κ3) is 2.45. The Morgan fingerprint density at radius 2 is 2.11 bits per heavy atom. The van der Waals surface area contributed by atoms with Gasteiger partial charge in [-0.2, -0.15) is 0 Å². The first kappa shape index (κ1) is 13.9. The molecule has 1 heterocycles. The summed E-state index contributed by atoms with van der Waals surface area (Å²) in [6, 6.07) is 6.04. The van der Waals surface area contributed by atoms with E-state index < -0.39 is 6.10 Å². The smallest absolute Gasteiger partial charge is 0.267 e. The van der Waals surface area contributed by atoms with Gasteiger partial charge in [0.25, 0.3) is 5.91 Å². The van der Waals surface area contributed by atoms with Gasteiger partial charge in [-0.3, -0.25) is 4.79 Å². The van der Waals surface area contributed by atoms with E-state index in [-0.39, 0.29) is 11.3 Å². The molecule has 1 aromatic carbocycles. The summed E-state index contributed by atoms with van der Waals surface area (Å²) in [5, 5.41) is 0. The molecule has 2 rings (SSSR count). The summed E-state index contributed by atoms with van der Waals surface area (Å²) in [5.41, 5.74) is 7.68. The maximum absolute atomic E-state index is 12.0. The topological polar surface area (TPSA) is 55.6 Å². The molecule has 0 spiro atoms. The summed E-state index contributed by atoms with van der Waals surface area (Å²) >= 11 is 0. The Bertz CT molecular complexity index is 497. The molecule has 0 radical (unpaired) electrons. The average Bonchev–Trinajstić information content (AvgIpc) is 2.35. The molecule has 0 saturated carbocycles. The van der Waals surface area contributed by atoms with Gasteiger partial charge in [-0.15, -0.1) is 0 Å². The van der Waals surface area contributed by atoms with Gasteiger partial charge in [0.2, 0.25) is 0 Å². The molecule has 19 heavy (non-hydrogen) atoms. The van der Waals surface area contributed by atoms with Crippen molar-refractivity contribution in [1.29, 1.82) is 0 Å². The van der Waals surface area contributed by atoms with Crippen molar-refractivity contribution < 1.29 is 9.53 Å². The maximum atomic E-state index is 12.0. The lowest BCUT2D eigenvalue weighted by atomic mass is 9.81. The van der Waals surface area contributed by atoms with Crippen LogP contribution in [0.2, 0.25) is 0 Å². The number of carbonyl (C=O) groups is 1. The largest absolute Gasteiger partial charge is 0.479 e. The van der Waals surface area contributed by atoms with Crippen LogP contribution in [-0.4, -0.2) is 25.6 Å². The molecule has 1 atom stereocenters. The Balaban J connectivity index is 2.42. The third-order valence-electron chi connectivity index (χ3n) is 3.85. The molecule has 1 aromatic rings. The number of likely N-dealkylation sites (N-methyl/N-ethyl adjacent to an activating group) is 1. The number of fused-ring (bicyclic) bond motifs is 1. The predicted octanol–water partition coefficient (Wildman–Crippen LogP) is 2.06. The van der Waals surface area contributed by atoms with Crippen LogP contribution in [0, 0.1) is 0 Å². The zero-order chi connectivity index (χ0) is 14.2. The number of ether oxygens (including phenoxy) is 1. The first-order valence-corrected chi connectivity index (χ1v) is 6.65. The molecule has 0 bridgehead atoms. The zero-order valence-corrected chi connectivity index (χ0v) is 12.1. The van der Waals surface area contributed by atoms with Gasteiger partial charge in [-0.25, -0.2) is 0 Å². The molecule has 0 aromatic heterocycles.